The third kappa shape index (κ3) is 7.94. The summed E-state index contributed by atoms with van der Waals surface area (Å²) in [6.07, 6.45) is 31.0. The lowest BCUT2D eigenvalue weighted by Gasteiger charge is -2.60. The van der Waals surface area contributed by atoms with Gasteiger partial charge in [-0.25, -0.2) is 0 Å². The minimum atomic E-state index is 0.0603. The number of ether oxygens (including phenoxy) is 1. The molecule has 4 aliphatic rings. The van der Waals surface area contributed by atoms with Crippen molar-refractivity contribution in [1.82, 2.24) is 0 Å². The van der Waals surface area contributed by atoms with E-state index in [4.69, 9.17) is 4.74 Å². The fraction of sp³-hybridized carbons (Fsp3) is 0.946. The SMILES string of the molecule is CCCCCCCCCCCCCCCCCC(=O)O[C@H]1CC[C@H]2[C@@H]3CC[C@H]4CC(=O)CC[C@]4(C)[C@H]3CC[C@]12C. The summed E-state index contributed by atoms with van der Waals surface area (Å²) in [7, 11) is 0. The van der Waals surface area contributed by atoms with Gasteiger partial charge in [0, 0.05) is 24.7 Å². The van der Waals surface area contributed by atoms with E-state index in [1.54, 1.807) is 0 Å². The van der Waals surface area contributed by atoms with Crippen LogP contribution < -0.4 is 0 Å². The standard InChI is InChI=1S/C37H64O3/c1-4-5-6-7-8-9-10-11-12-13-14-15-16-17-18-19-35(39)40-34-23-22-32-31-21-20-29-28-30(38)24-26-36(29,2)33(31)25-27-37(32,34)3/h29,31-34H,4-28H2,1-3H3/t29-,31-,32-,33-,34-,36-,37-/m0/s1. The number of hydrogen-bond donors (Lipinski definition) is 0. The van der Waals surface area contributed by atoms with Gasteiger partial charge in [0.1, 0.15) is 11.9 Å². The Labute approximate surface area is 247 Å². The highest BCUT2D eigenvalue weighted by Gasteiger charge is 2.61. The molecular formula is C37H64O3. The normalized spacial score (nSPS) is 35.2. The third-order valence-corrected chi connectivity index (χ3v) is 12.7. The number of carbonyl (C=O) groups excluding carboxylic acids is 2. The quantitative estimate of drug-likeness (QED) is 0.132. The Morgan fingerprint density at radius 3 is 1.90 bits per heavy atom. The monoisotopic (exact) mass is 556 g/mol. The molecular weight excluding hydrogens is 492 g/mol. The molecule has 0 saturated heterocycles. The van der Waals surface area contributed by atoms with Crippen LogP contribution in [0.5, 0.6) is 0 Å². The number of unbranched alkanes of at least 4 members (excludes halogenated alkanes) is 14. The van der Waals surface area contributed by atoms with Gasteiger partial charge in [-0.2, -0.15) is 0 Å². The van der Waals surface area contributed by atoms with Crippen molar-refractivity contribution in [3.63, 3.8) is 0 Å². The molecule has 0 amide bonds. The van der Waals surface area contributed by atoms with E-state index in [2.05, 4.69) is 20.8 Å². The van der Waals surface area contributed by atoms with Crippen LogP contribution in [0, 0.1) is 34.5 Å². The van der Waals surface area contributed by atoms with E-state index in [-0.39, 0.29) is 17.5 Å². The molecule has 0 N–H and O–H groups in total. The van der Waals surface area contributed by atoms with E-state index in [0.29, 0.717) is 29.5 Å². The summed E-state index contributed by atoms with van der Waals surface area (Å²) in [5, 5.41) is 0. The average molecular weight is 557 g/mol. The molecule has 3 nitrogen and oxygen atoms in total. The highest BCUT2D eigenvalue weighted by molar-refractivity contribution is 5.79. The lowest BCUT2D eigenvalue weighted by atomic mass is 9.45. The Balaban J connectivity index is 1.06. The Bertz CT molecular complexity index is 790. The zero-order valence-corrected chi connectivity index (χ0v) is 26.8. The zero-order chi connectivity index (χ0) is 28.4. The predicted octanol–water partition coefficient (Wildman–Crippen LogP) is 10.8. The zero-order valence-electron chi connectivity index (χ0n) is 26.8. The molecule has 0 aromatic heterocycles. The van der Waals surface area contributed by atoms with Crippen molar-refractivity contribution >= 4 is 11.8 Å². The molecule has 3 heteroatoms. The number of ketones is 1. The van der Waals surface area contributed by atoms with Crippen LogP contribution in [0.25, 0.3) is 0 Å². The molecule has 4 rings (SSSR count). The number of esters is 1. The van der Waals surface area contributed by atoms with Gasteiger partial charge < -0.3 is 4.74 Å². The molecule has 4 saturated carbocycles. The average Bonchev–Trinajstić information content (AvgIpc) is 3.27. The summed E-state index contributed by atoms with van der Waals surface area (Å²) < 4.78 is 6.24. The van der Waals surface area contributed by atoms with Gasteiger partial charge in [-0.05, 0) is 80.5 Å². The molecule has 0 aromatic carbocycles. The van der Waals surface area contributed by atoms with Crippen LogP contribution in [-0.4, -0.2) is 17.9 Å². The van der Waals surface area contributed by atoms with Gasteiger partial charge in [0.15, 0.2) is 0 Å². The first-order chi connectivity index (χ1) is 19.4. The number of carbonyl (C=O) groups is 2. The summed E-state index contributed by atoms with van der Waals surface area (Å²) in [6, 6.07) is 0. The predicted molar refractivity (Wildman–Crippen MR) is 166 cm³/mol. The summed E-state index contributed by atoms with van der Waals surface area (Å²) in [4.78, 5) is 25.0. The largest absolute Gasteiger partial charge is 0.462 e. The van der Waals surface area contributed by atoms with Crippen LogP contribution >= 0.6 is 0 Å². The number of rotatable bonds is 17. The van der Waals surface area contributed by atoms with Crippen molar-refractivity contribution in [2.75, 3.05) is 0 Å². The van der Waals surface area contributed by atoms with Gasteiger partial charge in [0.05, 0.1) is 0 Å². The Morgan fingerprint density at radius 1 is 0.700 bits per heavy atom. The number of hydrogen-bond acceptors (Lipinski definition) is 3. The minimum Gasteiger partial charge on any atom is -0.462 e. The van der Waals surface area contributed by atoms with Crippen LogP contribution in [0.4, 0.5) is 0 Å². The maximum absolute atomic E-state index is 12.8. The lowest BCUT2D eigenvalue weighted by Crippen LogP contribution is -2.54. The van der Waals surface area contributed by atoms with Crippen LogP contribution in [0.15, 0.2) is 0 Å². The van der Waals surface area contributed by atoms with E-state index >= 15 is 0 Å². The van der Waals surface area contributed by atoms with Crippen molar-refractivity contribution in [1.29, 1.82) is 0 Å². The number of Topliss-reactive ketones (excluding diaryl/α,β-unsaturated/α-hetero) is 1. The topological polar surface area (TPSA) is 43.4 Å². The van der Waals surface area contributed by atoms with Crippen molar-refractivity contribution in [2.24, 2.45) is 34.5 Å². The van der Waals surface area contributed by atoms with E-state index < -0.39 is 0 Å². The van der Waals surface area contributed by atoms with Crippen LogP contribution in [0.3, 0.4) is 0 Å². The first-order valence-corrected chi connectivity index (χ1v) is 18.1. The second kappa shape index (κ2) is 15.6. The first kappa shape index (κ1) is 32.1. The highest BCUT2D eigenvalue weighted by atomic mass is 16.5. The Morgan fingerprint density at radius 2 is 1.27 bits per heavy atom. The van der Waals surface area contributed by atoms with Crippen molar-refractivity contribution in [3.05, 3.63) is 0 Å². The molecule has 0 aliphatic heterocycles. The third-order valence-electron chi connectivity index (χ3n) is 12.7. The number of fused-ring (bicyclic) bond motifs is 5. The highest BCUT2D eigenvalue weighted by Crippen LogP contribution is 2.66. The van der Waals surface area contributed by atoms with E-state index in [0.717, 1.165) is 43.9 Å². The molecule has 4 aliphatic carbocycles. The van der Waals surface area contributed by atoms with Crippen LogP contribution in [0.2, 0.25) is 0 Å². The van der Waals surface area contributed by atoms with Gasteiger partial charge in [-0.1, -0.05) is 111 Å². The second-order valence-electron chi connectivity index (χ2n) is 15.2. The second-order valence-corrected chi connectivity index (χ2v) is 15.2. The summed E-state index contributed by atoms with van der Waals surface area (Å²) in [6.45, 7) is 7.26. The summed E-state index contributed by atoms with van der Waals surface area (Å²) in [5.41, 5.74) is 0.528. The van der Waals surface area contributed by atoms with E-state index in [9.17, 15) is 9.59 Å². The molecule has 230 valence electrons. The van der Waals surface area contributed by atoms with Gasteiger partial charge in [0.25, 0.3) is 0 Å². The molecule has 40 heavy (non-hydrogen) atoms. The van der Waals surface area contributed by atoms with Crippen molar-refractivity contribution < 1.29 is 14.3 Å². The molecule has 0 radical (unpaired) electrons. The van der Waals surface area contributed by atoms with Crippen LogP contribution in [0.1, 0.15) is 181 Å². The van der Waals surface area contributed by atoms with Crippen molar-refractivity contribution in [2.45, 2.75) is 187 Å². The van der Waals surface area contributed by atoms with Crippen molar-refractivity contribution in [3.8, 4) is 0 Å². The van der Waals surface area contributed by atoms with Gasteiger partial charge in [-0.3, -0.25) is 9.59 Å². The first-order valence-electron chi connectivity index (χ1n) is 18.1. The summed E-state index contributed by atoms with van der Waals surface area (Å²) >= 11 is 0. The fourth-order valence-electron chi connectivity index (χ4n) is 10.0. The Hall–Kier alpha value is -0.860. The smallest absolute Gasteiger partial charge is 0.306 e. The lowest BCUT2D eigenvalue weighted by molar-refractivity contribution is -0.164. The van der Waals surface area contributed by atoms with E-state index in [1.807, 2.05) is 0 Å². The molecule has 4 fully saturated rings. The van der Waals surface area contributed by atoms with Crippen LogP contribution in [-0.2, 0) is 14.3 Å². The molecule has 0 unspecified atom stereocenters. The van der Waals surface area contributed by atoms with Gasteiger partial charge in [0.2, 0.25) is 0 Å². The molecule has 0 heterocycles. The molecule has 0 spiro atoms. The molecule has 0 bridgehead atoms. The van der Waals surface area contributed by atoms with Gasteiger partial charge >= 0.3 is 5.97 Å². The Kier molecular flexibility index (Phi) is 12.5. The fourth-order valence-corrected chi connectivity index (χ4v) is 10.0. The van der Waals surface area contributed by atoms with E-state index in [1.165, 1.54) is 122 Å². The van der Waals surface area contributed by atoms with Gasteiger partial charge in [-0.15, -0.1) is 0 Å². The maximum atomic E-state index is 12.8. The summed E-state index contributed by atoms with van der Waals surface area (Å²) in [5.74, 6) is 3.42. The maximum Gasteiger partial charge on any atom is 0.306 e. The molecule has 0 aromatic rings. The molecule has 7 atom stereocenters. The minimum absolute atomic E-state index is 0.0603.